The van der Waals surface area contributed by atoms with E-state index in [1.807, 2.05) is 31.6 Å². The fraction of sp³-hybridized carbons (Fsp3) is 0.312. The molecule has 0 aliphatic heterocycles. The van der Waals surface area contributed by atoms with E-state index in [9.17, 15) is 13.2 Å². The van der Waals surface area contributed by atoms with Crippen LogP contribution in [-0.2, 0) is 21.7 Å². The van der Waals surface area contributed by atoms with Crippen molar-refractivity contribution in [1.29, 1.82) is 0 Å². The van der Waals surface area contributed by atoms with Crippen LogP contribution in [0.5, 0.6) is 0 Å². The first-order chi connectivity index (χ1) is 11.7. The molecule has 2 aromatic heterocycles. The van der Waals surface area contributed by atoms with E-state index in [0.29, 0.717) is 5.69 Å². The van der Waals surface area contributed by atoms with E-state index in [-0.39, 0.29) is 18.1 Å². The van der Waals surface area contributed by atoms with Gasteiger partial charge in [-0.05, 0) is 18.2 Å². The Bertz CT molecular complexity index is 1040. The van der Waals surface area contributed by atoms with E-state index in [1.54, 1.807) is 28.7 Å². The SMILES string of the molecule is CN(C(=O)CCS(C)(=O)=O)c1ccc2nn(-c3cnn(C)c3)cc2c1. The molecule has 9 heteroatoms. The number of carbonyl (C=O) groups excluding carboxylic acids is 1. The Morgan fingerprint density at radius 3 is 2.68 bits per heavy atom. The third-order valence-electron chi connectivity index (χ3n) is 3.89. The summed E-state index contributed by atoms with van der Waals surface area (Å²) in [5.41, 5.74) is 2.33. The molecule has 132 valence electrons. The van der Waals surface area contributed by atoms with Crippen LogP contribution in [0, 0.1) is 0 Å². The van der Waals surface area contributed by atoms with Crippen molar-refractivity contribution < 1.29 is 13.2 Å². The van der Waals surface area contributed by atoms with Gasteiger partial charge in [-0.25, -0.2) is 13.1 Å². The summed E-state index contributed by atoms with van der Waals surface area (Å²) in [4.78, 5) is 13.6. The zero-order chi connectivity index (χ0) is 18.2. The number of nitrogens with zero attached hydrogens (tertiary/aromatic N) is 5. The van der Waals surface area contributed by atoms with Gasteiger partial charge in [0.15, 0.2) is 0 Å². The number of hydrogen-bond acceptors (Lipinski definition) is 5. The lowest BCUT2D eigenvalue weighted by Gasteiger charge is -2.17. The lowest BCUT2D eigenvalue weighted by molar-refractivity contribution is -0.117. The highest BCUT2D eigenvalue weighted by Gasteiger charge is 2.15. The molecule has 1 amide bonds. The zero-order valence-corrected chi connectivity index (χ0v) is 15.1. The number of aromatic nitrogens is 4. The van der Waals surface area contributed by atoms with Crippen LogP contribution < -0.4 is 4.90 Å². The van der Waals surface area contributed by atoms with Gasteiger partial charge in [-0.3, -0.25) is 9.48 Å². The highest BCUT2D eigenvalue weighted by molar-refractivity contribution is 7.90. The number of anilines is 1. The van der Waals surface area contributed by atoms with Crippen LogP contribution in [0.2, 0.25) is 0 Å². The van der Waals surface area contributed by atoms with Crippen LogP contribution in [0.25, 0.3) is 16.6 Å². The van der Waals surface area contributed by atoms with Gasteiger partial charge >= 0.3 is 0 Å². The monoisotopic (exact) mass is 361 g/mol. The summed E-state index contributed by atoms with van der Waals surface area (Å²) in [6.07, 6.45) is 6.52. The van der Waals surface area contributed by atoms with Crippen molar-refractivity contribution >= 4 is 32.3 Å². The molecule has 3 aromatic rings. The average Bonchev–Trinajstić information content (AvgIpc) is 3.16. The van der Waals surface area contributed by atoms with Crippen LogP contribution in [-0.4, -0.2) is 52.9 Å². The number of benzene rings is 1. The van der Waals surface area contributed by atoms with Crippen molar-refractivity contribution in [2.24, 2.45) is 7.05 Å². The fourth-order valence-electron chi connectivity index (χ4n) is 2.46. The second-order valence-corrected chi connectivity index (χ2v) is 8.28. The molecule has 0 bridgehead atoms. The molecule has 0 atom stereocenters. The highest BCUT2D eigenvalue weighted by Crippen LogP contribution is 2.22. The summed E-state index contributed by atoms with van der Waals surface area (Å²) >= 11 is 0. The molecule has 0 saturated heterocycles. The molecule has 2 heterocycles. The Kier molecular flexibility index (Phi) is 4.34. The summed E-state index contributed by atoms with van der Waals surface area (Å²) in [5.74, 6) is -0.401. The Balaban J connectivity index is 1.84. The standard InChI is InChI=1S/C16H19N5O3S/c1-19-11-14(9-17-19)21-10-12-8-13(4-5-15(12)18-21)20(2)16(22)6-7-25(3,23)24/h4-5,8-11H,6-7H2,1-3H3. The molecule has 8 nitrogen and oxygen atoms in total. The highest BCUT2D eigenvalue weighted by atomic mass is 32.2. The molecular formula is C16H19N5O3S. The topological polar surface area (TPSA) is 90.1 Å². The van der Waals surface area contributed by atoms with Gasteiger partial charge in [-0.2, -0.15) is 10.2 Å². The Morgan fingerprint density at radius 2 is 2.04 bits per heavy atom. The van der Waals surface area contributed by atoms with Crippen molar-refractivity contribution in [3.8, 4) is 5.69 Å². The maximum absolute atomic E-state index is 12.2. The molecule has 1 aromatic carbocycles. The van der Waals surface area contributed by atoms with Gasteiger partial charge in [-0.1, -0.05) is 0 Å². The van der Waals surface area contributed by atoms with E-state index in [2.05, 4.69) is 10.2 Å². The zero-order valence-electron chi connectivity index (χ0n) is 14.2. The van der Waals surface area contributed by atoms with E-state index in [1.165, 1.54) is 4.90 Å². The second-order valence-electron chi connectivity index (χ2n) is 6.02. The minimum atomic E-state index is -3.16. The normalized spacial score (nSPS) is 11.8. The molecular weight excluding hydrogens is 342 g/mol. The van der Waals surface area contributed by atoms with Crippen LogP contribution in [0.4, 0.5) is 5.69 Å². The molecule has 0 aliphatic rings. The summed E-state index contributed by atoms with van der Waals surface area (Å²) < 4.78 is 25.9. The minimum absolute atomic E-state index is 0.0394. The van der Waals surface area contributed by atoms with Gasteiger partial charge in [0.2, 0.25) is 5.91 Å². The third kappa shape index (κ3) is 3.87. The predicted molar refractivity (Wildman–Crippen MR) is 95.6 cm³/mol. The van der Waals surface area contributed by atoms with E-state index < -0.39 is 9.84 Å². The smallest absolute Gasteiger partial charge is 0.227 e. The van der Waals surface area contributed by atoms with Crippen LogP contribution in [0.15, 0.2) is 36.8 Å². The molecule has 0 unspecified atom stereocenters. The minimum Gasteiger partial charge on any atom is -0.315 e. The van der Waals surface area contributed by atoms with E-state index in [0.717, 1.165) is 22.8 Å². The third-order valence-corrected chi connectivity index (χ3v) is 4.84. The van der Waals surface area contributed by atoms with Crippen LogP contribution in [0.3, 0.4) is 0 Å². The van der Waals surface area contributed by atoms with Crippen molar-refractivity contribution in [2.75, 3.05) is 24.0 Å². The molecule has 3 rings (SSSR count). The van der Waals surface area contributed by atoms with Gasteiger partial charge in [0.25, 0.3) is 0 Å². The van der Waals surface area contributed by atoms with Crippen molar-refractivity contribution in [3.05, 3.63) is 36.8 Å². The number of aryl methyl sites for hydroxylation is 1. The number of sulfone groups is 1. The summed E-state index contributed by atoms with van der Waals surface area (Å²) in [7, 11) is 0.308. The number of amides is 1. The molecule has 0 radical (unpaired) electrons. The Morgan fingerprint density at radius 1 is 1.28 bits per heavy atom. The quantitative estimate of drug-likeness (QED) is 0.680. The van der Waals surface area contributed by atoms with Gasteiger partial charge < -0.3 is 4.90 Å². The maximum atomic E-state index is 12.2. The first-order valence-electron chi connectivity index (χ1n) is 7.66. The Labute approximate surface area is 145 Å². The van der Waals surface area contributed by atoms with Crippen molar-refractivity contribution in [2.45, 2.75) is 6.42 Å². The fourth-order valence-corrected chi connectivity index (χ4v) is 3.01. The first kappa shape index (κ1) is 17.2. The predicted octanol–water partition coefficient (Wildman–Crippen LogP) is 1.16. The second kappa shape index (κ2) is 6.32. The number of carbonyl (C=O) groups is 1. The largest absolute Gasteiger partial charge is 0.315 e. The van der Waals surface area contributed by atoms with Crippen LogP contribution >= 0.6 is 0 Å². The molecule has 0 aliphatic carbocycles. The average molecular weight is 361 g/mol. The first-order valence-corrected chi connectivity index (χ1v) is 9.72. The van der Waals surface area contributed by atoms with Gasteiger partial charge in [0.05, 0.1) is 23.7 Å². The maximum Gasteiger partial charge on any atom is 0.227 e. The summed E-state index contributed by atoms with van der Waals surface area (Å²) in [5, 5.41) is 9.50. The molecule has 0 spiro atoms. The lowest BCUT2D eigenvalue weighted by Crippen LogP contribution is -2.27. The number of hydrogen-bond donors (Lipinski definition) is 0. The van der Waals surface area contributed by atoms with Crippen molar-refractivity contribution in [1.82, 2.24) is 19.6 Å². The molecule has 0 saturated carbocycles. The molecule has 0 N–H and O–H groups in total. The van der Waals surface area contributed by atoms with Gasteiger partial charge in [-0.15, -0.1) is 0 Å². The van der Waals surface area contributed by atoms with E-state index >= 15 is 0 Å². The Hall–Kier alpha value is -2.68. The summed E-state index contributed by atoms with van der Waals surface area (Å²) in [6.45, 7) is 0. The van der Waals surface area contributed by atoms with Gasteiger partial charge in [0, 0.05) is 44.0 Å². The summed E-state index contributed by atoms with van der Waals surface area (Å²) in [6, 6.07) is 5.48. The number of rotatable bonds is 5. The van der Waals surface area contributed by atoms with Crippen LogP contribution in [0.1, 0.15) is 6.42 Å². The number of fused-ring (bicyclic) bond motifs is 1. The molecule has 0 fully saturated rings. The van der Waals surface area contributed by atoms with Crippen molar-refractivity contribution in [3.63, 3.8) is 0 Å². The molecule has 25 heavy (non-hydrogen) atoms. The lowest BCUT2D eigenvalue weighted by atomic mass is 10.2. The van der Waals surface area contributed by atoms with E-state index in [4.69, 9.17) is 0 Å². The van der Waals surface area contributed by atoms with Gasteiger partial charge in [0.1, 0.15) is 15.5 Å².